The lowest BCUT2D eigenvalue weighted by Gasteiger charge is -2.37. The maximum absolute atomic E-state index is 13.2. The van der Waals surface area contributed by atoms with Gasteiger partial charge in [-0.05, 0) is 26.7 Å². The number of nitrogens with two attached hydrogens (primary N) is 1. The fourth-order valence-corrected chi connectivity index (χ4v) is 6.24. The smallest absolute Gasteiger partial charge is 0.219 e. The van der Waals surface area contributed by atoms with Crippen molar-refractivity contribution < 1.29 is 4.79 Å². The number of nitrogens with zero attached hydrogens (tertiary/aromatic N) is 6. The number of hydrogen-bond donors (Lipinski definition) is 1. The van der Waals surface area contributed by atoms with Crippen LogP contribution in [-0.4, -0.2) is 31.0 Å². The number of Topliss-reactive ketones (excluding diaryl/α,β-unsaturated/α-hetero) is 1. The van der Waals surface area contributed by atoms with Gasteiger partial charge in [-0.25, -0.2) is 0 Å². The van der Waals surface area contributed by atoms with Crippen LogP contribution in [-0.2, 0) is 11.3 Å². The van der Waals surface area contributed by atoms with Crippen molar-refractivity contribution in [3.05, 3.63) is 40.1 Å². The van der Waals surface area contributed by atoms with E-state index in [4.69, 9.17) is 5.73 Å². The number of allylic oxidation sites excluding steroid dienone is 3. The topological polar surface area (TPSA) is 114 Å². The first-order chi connectivity index (χ1) is 14.8. The van der Waals surface area contributed by atoms with Crippen LogP contribution < -0.4 is 10.6 Å². The minimum atomic E-state index is -0.498. The average Bonchev–Trinajstić information content (AvgIpc) is 3.33. The van der Waals surface area contributed by atoms with Gasteiger partial charge in [0, 0.05) is 41.2 Å². The van der Waals surface area contributed by atoms with E-state index in [9.17, 15) is 10.1 Å². The van der Waals surface area contributed by atoms with E-state index in [2.05, 4.69) is 35.2 Å². The molecule has 8 nitrogen and oxygen atoms in total. The van der Waals surface area contributed by atoms with Crippen LogP contribution in [0.5, 0.6) is 0 Å². The van der Waals surface area contributed by atoms with Gasteiger partial charge in [-0.1, -0.05) is 36.9 Å². The number of thioether (sulfide) groups is 1. The van der Waals surface area contributed by atoms with Crippen LogP contribution in [0.1, 0.15) is 57.2 Å². The van der Waals surface area contributed by atoms with Gasteiger partial charge < -0.3 is 5.73 Å². The van der Waals surface area contributed by atoms with E-state index in [-0.39, 0.29) is 5.78 Å². The number of carbonyl (C=O) groups is 1. The minimum Gasteiger partial charge on any atom is -0.384 e. The van der Waals surface area contributed by atoms with Crippen LogP contribution in [0.15, 0.2) is 33.2 Å². The predicted molar refractivity (Wildman–Crippen MR) is 121 cm³/mol. The molecule has 0 saturated heterocycles. The first-order valence-electron chi connectivity index (χ1n) is 10.4. The maximum Gasteiger partial charge on any atom is 0.219 e. The molecule has 2 aromatic rings. The largest absolute Gasteiger partial charge is 0.384 e. The molecule has 1 aliphatic heterocycles. The van der Waals surface area contributed by atoms with Gasteiger partial charge in [0.1, 0.15) is 5.82 Å². The molecule has 0 fully saturated rings. The van der Waals surface area contributed by atoms with Crippen LogP contribution in [0.2, 0.25) is 0 Å². The molecule has 2 aromatic heterocycles. The Kier molecular flexibility index (Phi) is 5.90. The van der Waals surface area contributed by atoms with Crippen LogP contribution >= 0.6 is 23.1 Å². The Labute approximate surface area is 189 Å². The maximum atomic E-state index is 13.2. The standard InChI is InChI=1S/C21H25N7OS2/c1-5-27-10-14(12(4)26-27)17-13(9-22)19(23)28(15-7-6-8-16(29)18(15)17)20-24-25-21(31-20)30-11(2)3/h10-11,17H,5-8,23H2,1-4H3/t17-/m1/s1. The molecule has 2 N–H and O–H groups in total. The lowest BCUT2D eigenvalue weighted by molar-refractivity contribution is -0.116. The monoisotopic (exact) mass is 455 g/mol. The number of anilines is 1. The van der Waals surface area contributed by atoms with Crippen molar-refractivity contribution in [2.75, 3.05) is 4.90 Å². The molecule has 0 radical (unpaired) electrons. The SMILES string of the molecule is CCn1cc([C@H]2C(C#N)=C(N)N(c3nnc(SC(C)C)s3)C3=C2C(=O)CCC3)c(C)n1. The van der Waals surface area contributed by atoms with Crippen molar-refractivity contribution in [3.8, 4) is 6.07 Å². The summed E-state index contributed by atoms with van der Waals surface area (Å²) in [4.78, 5) is 15.0. The van der Waals surface area contributed by atoms with Crippen LogP contribution in [0.4, 0.5) is 5.13 Å². The summed E-state index contributed by atoms with van der Waals surface area (Å²) in [5.41, 5.74) is 10.1. The number of aromatic nitrogens is 4. The summed E-state index contributed by atoms with van der Waals surface area (Å²) in [6.45, 7) is 8.82. The molecule has 0 amide bonds. The zero-order valence-corrected chi connectivity index (χ0v) is 19.7. The highest BCUT2D eigenvalue weighted by molar-refractivity contribution is 8.01. The molecule has 3 heterocycles. The van der Waals surface area contributed by atoms with E-state index in [0.29, 0.717) is 46.7 Å². The molecule has 0 aromatic carbocycles. The molecule has 0 spiro atoms. The lowest BCUT2D eigenvalue weighted by atomic mass is 9.76. The van der Waals surface area contributed by atoms with E-state index >= 15 is 0 Å². The Morgan fingerprint density at radius 2 is 2.16 bits per heavy atom. The summed E-state index contributed by atoms with van der Waals surface area (Å²) in [7, 11) is 0. The lowest BCUT2D eigenvalue weighted by Crippen LogP contribution is -2.38. The number of aryl methyl sites for hydroxylation is 2. The van der Waals surface area contributed by atoms with Crippen molar-refractivity contribution in [1.29, 1.82) is 5.26 Å². The third kappa shape index (κ3) is 3.77. The molecule has 10 heteroatoms. The zero-order chi connectivity index (χ0) is 22.3. The molecular formula is C21H25N7OS2. The molecule has 0 unspecified atom stereocenters. The van der Waals surface area contributed by atoms with Crippen molar-refractivity contribution in [2.24, 2.45) is 5.73 Å². The summed E-state index contributed by atoms with van der Waals surface area (Å²) in [5, 5.41) is 24.2. The van der Waals surface area contributed by atoms with E-state index in [1.54, 1.807) is 16.7 Å². The normalized spacial score (nSPS) is 19.3. The first kappa shape index (κ1) is 21.6. The molecule has 31 heavy (non-hydrogen) atoms. The van der Waals surface area contributed by atoms with E-state index in [1.807, 2.05) is 24.7 Å². The summed E-state index contributed by atoms with van der Waals surface area (Å²) < 4.78 is 2.67. The van der Waals surface area contributed by atoms with Crippen molar-refractivity contribution in [2.45, 2.75) is 69.0 Å². The number of nitriles is 1. The fourth-order valence-electron chi connectivity index (χ4n) is 4.14. The predicted octanol–water partition coefficient (Wildman–Crippen LogP) is 3.87. The van der Waals surface area contributed by atoms with Gasteiger partial charge in [0.25, 0.3) is 0 Å². The third-order valence-corrected chi connectivity index (χ3v) is 7.45. The van der Waals surface area contributed by atoms with E-state index in [0.717, 1.165) is 27.7 Å². The second kappa shape index (κ2) is 8.48. The van der Waals surface area contributed by atoms with Gasteiger partial charge in [-0.3, -0.25) is 14.4 Å². The van der Waals surface area contributed by atoms with Crippen LogP contribution in [0.3, 0.4) is 0 Å². The van der Waals surface area contributed by atoms with Gasteiger partial charge in [0.05, 0.1) is 23.3 Å². The number of hydrogen-bond acceptors (Lipinski definition) is 9. The first-order valence-corrected chi connectivity index (χ1v) is 12.1. The molecular weight excluding hydrogens is 430 g/mol. The molecule has 0 saturated carbocycles. The van der Waals surface area contributed by atoms with E-state index in [1.165, 1.54) is 11.3 Å². The Balaban J connectivity index is 1.89. The molecule has 1 atom stereocenters. The highest BCUT2D eigenvalue weighted by Crippen LogP contribution is 2.47. The van der Waals surface area contributed by atoms with Crippen LogP contribution in [0.25, 0.3) is 0 Å². The molecule has 1 aliphatic carbocycles. The Hall–Kier alpha value is -2.64. The summed E-state index contributed by atoms with van der Waals surface area (Å²) >= 11 is 3.06. The van der Waals surface area contributed by atoms with Gasteiger partial charge in [0.15, 0.2) is 10.1 Å². The van der Waals surface area contributed by atoms with Gasteiger partial charge >= 0.3 is 0 Å². The quantitative estimate of drug-likeness (QED) is 0.676. The van der Waals surface area contributed by atoms with Gasteiger partial charge in [-0.2, -0.15) is 10.4 Å². The van der Waals surface area contributed by atoms with Crippen molar-refractivity contribution in [3.63, 3.8) is 0 Å². The Morgan fingerprint density at radius 3 is 2.81 bits per heavy atom. The second-order valence-corrected chi connectivity index (χ2v) is 10.6. The molecule has 2 aliphatic rings. The zero-order valence-electron chi connectivity index (χ0n) is 18.0. The number of ketones is 1. The molecule has 0 bridgehead atoms. The van der Waals surface area contributed by atoms with Gasteiger partial charge in [0.2, 0.25) is 5.13 Å². The summed E-state index contributed by atoms with van der Waals surface area (Å²) in [5.74, 6) is -0.120. The Morgan fingerprint density at radius 1 is 1.39 bits per heavy atom. The highest BCUT2D eigenvalue weighted by atomic mass is 32.2. The number of rotatable bonds is 5. The average molecular weight is 456 g/mol. The summed E-state index contributed by atoms with van der Waals surface area (Å²) in [6.07, 6.45) is 3.84. The minimum absolute atomic E-state index is 0.0569. The van der Waals surface area contributed by atoms with Crippen LogP contribution in [0, 0.1) is 18.3 Å². The van der Waals surface area contributed by atoms with E-state index < -0.39 is 5.92 Å². The Bertz CT molecular complexity index is 1140. The van der Waals surface area contributed by atoms with Crippen molar-refractivity contribution in [1.82, 2.24) is 20.0 Å². The fraction of sp³-hybridized carbons (Fsp3) is 0.476. The molecule has 4 rings (SSSR count). The molecule has 162 valence electrons. The second-order valence-electron chi connectivity index (χ2n) is 7.86. The van der Waals surface area contributed by atoms with Crippen molar-refractivity contribution >= 4 is 34.0 Å². The third-order valence-electron chi connectivity index (χ3n) is 5.46. The summed E-state index contributed by atoms with van der Waals surface area (Å²) in [6, 6.07) is 2.29. The number of carbonyl (C=O) groups excluding carboxylic acids is 1. The highest BCUT2D eigenvalue weighted by Gasteiger charge is 2.42. The van der Waals surface area contributed by atoms with Gasteiger partial charge in [-0.15, -0.1) is 10.2 Å².